The van der Waals surface area contributed by atoms with E-state index in [4.69, 9.17) is 4.74 Å². The molecule has 2 aromatic carbocycles. The average molecular weight is 367 g/mol. The molecule has 0 aromatic heterocycles. The van der Waals surface area contributed by atoms with Crippen LogP contribution in [0.1, 0.15) is 5.56 Å². The first-order valence-corrected chi connectivity index (χ1v) is 9.55. The minimum Gasteiger partial charge on any atom is -0.497 e. The molecule has 0 bridgehead atoms. The molecule has 5 nitrogen and oxygen atoms in total. The molecule has 0 saturated carbocycles. The molecule has 1 heterocycles. The first-order valence-electron chi connectivity index (χ1n) is 9.55. The minimum atomic E-state index is 0.0608. The van der Waals surface area contributed by atoms with Crippen LogP contribution >= 0.6 is 0 Å². The summed E-state index contributed by atoms with van der Waals surface area (Å²) in [6, 6.07) is 17.9. The van der Waals surface area contributed by atoms with Gasteiger partial charge in [0.2, 0.25) is 0 Å². The number of hydrogen-bond acceptors (Lipinski definition) is 2. The lowest BCUT2D eigenvalue weighted by Crippen LogP contribution is -3.28. The van der Waals surface area contributed by atoms with Crippen LogP contribution in [0.2, 0.25) is 0 Å². The van der Waals surface area contributed by atoms with E-state index in [1.807, 2.05) is 30.3 Å². The van der Waals surface area contributed by atoms with Crippen LogP contribution in [0.15, 0.2) is 60.7 Å². The highest BCUT2D eigenvalue weighted by atomic mass is 16.5. The van der Waals surface area contributed by atoms with Crippen LogP contribution in [-0.4, -0.2) is 52.3 Å². The van der Waals surface area contributed by atoms with Gasteiger partial charge in [0.1, 0.15) is 31.9 Å². The van der Waals surface area contributed by atoms with Gasteiger partial charge >= 0.3 is 0 Å². The Bertz CT molecular complexity index is 753. The lowest BCUT2D eigenvalue weighted by Gasteiger charge is -2.28. The molecule has 27 heavy (non-hydrogen) atoms. The van der Waals surface area contributed by atoms with Crippen molar-refractivity contribution < 1.29 is 19.3 Å². The van der Waals surface area contributed by atoms with Crippen molar-refractivity contribution in [2.45, 2.75) is 0 Å². The van der Waals surface area contributed by atoms with Crippen LogP contribution in [0.25, 0.3) is 6.08 Å². The molecule has 1 aliphatic rings. The van der Waals surface area contributed by atoms with Gasteiger partial charge in [-0.3, -0.25) is 4.79 Å². The Morgan fingerprint density at radius 2 is 1.78 bits per heavy atom. The van der Waals surface area contributed by atoms with E-state index < -0.39 is 0 Å². The maximum atomic E-state index is 12.3. The monoisotopic (exact) mass is 367 g/mol. The third-order valence-electron chi connectivity index (χ3n) is 4.94. The zero-order chi connectivity index (χ0) is 18.9. The van der Waals surface area contributed by atoms with Gasteiger partial charge in [-0.25, -0.2) is 0 Å². The van der Waals surface area contributed by atoms with Gasteiger partial charge in [0.15, 0.2) is 6.54 Å². The number of nitrogens with one attached hydrogen (secondary N) is 3. The van der Waals surface area contributed by atoms with E-state index in [0.29, 0.717) is 6.54 Å². The molecule has 1 saturated heterocycles. The van der Waals surface area contributed by atoms with Crippen molar-refractivity contribution in [2.75, 3.05) is 51.7 Å². The van der Waals surface area contributed by atoms with Gasteiger partial charge in [-0.1, -0.05) is 42.5 Å². The van der Waals surface area contributed by atoms with E-state index in [-0.39, 0.29) is 5.91 Å². The van der Waals surface area contributed by atoms with Crippen LogP contribution in [0.3, 0.4) is 0 Å². The number of carbonyl (C=O) groups is 1. The molecule has 0 atom stereocenters. The molecule has 2 aromatic rings. The molecule has 0 unspecified atom stereocenters. The molecule has 0 radical (unpaired) electrons. The van der Waals surface area contributed by atoms with Gasteiger partial charge in [-0.15, -0.1) is 0 Å². The molecule has 3 N–H and O–H groups in total. The predicted molar refractivity (Wildman–Crippen MR) is 108 cm³/mol. The van der Waals surface area contributed by atoms with Crippen LogP contribution in [0, 0.1) is 0 Å². The number of hydrogen-bond donors (Lipinski definition) is 3. The summed E-state index contributed by atoms with van der Waals surface area (Å²) < 4.78 is 5.19. The Balaban J connectivity index is 1.38. The maximum Gasteiger partial charge on any atom is 0.279 e. The molecule has 5 heteroatoms. The zero-order valence-electron chi connectivity index (χ0n) is 15.9. The highest BCUT2D eigenvalue weighted by molar-refractivity contribution is 5.91. The van der Waals surface area contributed by atoms with Gasteiger partial charge in [0.05, 0.1) is 13.7 Å². The van der Waals surface area contributed by atoms with Crippen molar-refractivity contribution >= 4 is 17.7 Å². The highest BCUT2D eigenvalue weighted by Gasteiger charge is 2.24. The van der Waals surface area contributed by atoms with Gasteiger partial charge in [-0.2, -0.15) is 0 Å². The van der Waals surface area contributed by atoms with Gasteiger partial charge < -0.3 is 19.9 Å². The second-order valence-electron chi connectivity index (χ2n) is 6.97. The van der Waals surface area contributed by atoms with E-state index in [0.717, 1.165) is 44.2 Å². The Kier molecular flexibility index (Phi) is 7.02. The summed E-state index contributed by atoms with van der Waals surface area (Å²) >= 11 is 0. The van der Waals surface area contributed by atoms with Crippen molar-refractivity contribution in [1.82, 2.24) is 0 Å². The van der Waals surface area contributed by atoms with E-state index in [2.05, 4.69) is 41.7 Å². The molecular weight excluding hydrogens is 338 g/mol. The van der Waals surface area contributed by atoms with Crippen molar-refractivity contribution in [1.29, 1.82) is 0 Å². The fourth-order valence-corrected chi connectivity index (χ4v) is 3.40. The molecule has 1 amide bonds. The summed E-state index contributed by atoms with van der Waals surface area (Å²) in [5.41, 5.74) is 2.03. The lowest BCUT2D eigenvalue weighted by molar-refractivity contribution is -1.01. The van der Waals surface area contributed by atoms with Crippen LogP contribution < -0.4 is 19.9 Å². The summed E-state index contributed by atoms with van der Waals surface area (Å²) in [6.45, 7) is 5.81. The van der Waals surface area contributed by atoms with Gasteiger partial charge in [0, 0.05) is 11.8 Å². The second kappa shape index (κ2) is 9.90. The van der Waals surface area contributed by atoms with Crippen molar-refractivity contribution in [2.24, 2.45) is 0 Å². The summed E-state index contributed by atoms with van der Waals surface area (Å²) in [4.78, 5) is 15.2. The smallest absolute Gasteiger partial charge is 0.279 e. The third kappa shape index (κ3) is 6.24. The van der Waals surface area contributed by atoms with Crippen molar-refractivity contribution in [3.05, 3.63) is 66.2 Å². The van der Waals surface area contributed by atoms with Gasteiger partial charge in [0.25, 0.3) is 5.91 Å². The van der Waals surface area contributed by atoms with E-state index >= 15 is 0 Å². The Labute approximate surface area is 161 Å². The summed E-state index contributed by atoms with van der Waals surface area (Å²) in [5, 5.41) is 2.97. The van der Waals surface area contributed by atoms with E-state index in [1.165, 1.54) is 10.5 Å². The number of piperazine rings is 1. The fourth-order valence-electron chi connectivity index (χ4n) is 3.40. The number of amides is 1. The lowest BCUT2D eigenvalue weighted by atomic mass is 10.2. The SMILES string of the molecule is COc1cccc(NC(=O)C[NH+]2CC[NH+](C/C=C/c3ccccc3)CC2)c1. The van der Waals surface area contributed by atoms with Gasteiger partial charge in [-0.05, 0) is 23.8 Å². The highest BCUT2D eigenvalue weighted by Crippen LogP contribution is 2.16. The first kappa shape index (κ1) is 19.1. The number of carbonyl (C=O) groups excluding carboxylic acids is 1. The third-order valence-corrected chi connectivity index (χ3v) is 4.94. The summed E-state index contributed by atoms with van der Waals surface area (Å²) in [5.74, 6) is 0.812. The molecule has 1 aliphatic heterocycles. The number of methoxy groups -OCH3 is 1. The Hall–Kier alpha value is -2.63. The Morgan fingerprint density at radius 1 is 1.04 bits per heavy atom. The van der Waals surface area contributed by atoms with E-state index in [9.17, 15) is 4.79 Å². The van der Waals surface area contributed by atoms with Crippen LogP contribution in [0.5, 0.6) is 5.75 Å². The largest absolute Gasteiger partial charge is 0.497 e. The topological polar surface area (TPSA) is 47.2 Å². The van der Waals surface area contributed by atoms with Crippen molar-refractivity contribution in [3.63, 3.8) is 0 Å². The predicted octanol–water partition coefficient (Wildman–Crippen LogP) is 0.131. The summed E-state index contributed by atoms with van der Waals surface area (Å²) in [7, 11) is 1.63. The molecule has 1 fully saturated rings. The minimum absolute atomic E-state index is 0.0608. The number of anilines is 1. The van der Waals surface area contributed by atoms with Crippen LogP contribution in [-0.2, 0) is 4.79 Å². The maximum absolute atomic E-state index is 12.3. The number of ether oxygens (including phenoxy) is 1. The zero-order valence-corrected chi connectivity index (χ0v) is 15.9. The number of quaternary nitrogens is 2. The Morgan fingerprint density at radius 3 is 2.52 bits per heavy atom. The normalized spacial score (nSPS) is 19.7. The standard InChI is InChI=1S/C22H27N3O2/c1-27-21-11-5-10-20(17-21)23-22(26)18-25-15-13-24(14-16-25)12-6-9-19-7-3-2-4-8-19/h2-11,17H,12-16,18H2,1H3,(H,23,26)/p+2/b9-6+. The molecule has 142 valence electrons. The molecule has 0 aliphatic carbocycles. The molecular formula is C22H29N3O2+2. The van der Waals surface area contributed by atoms with Crippen LogP contribution in [0.4, 0.5) is 5.69 Å². The first-order chi connectivity index (χ1) is 13.2. The molecule has 0 spiro atoms. The fraction of sp³-hybridized carbons (Fsp3) is 0.318. The van der Waals surface area contributed by atoms with Crippen molar-refractivity contribution in [3.8, 4) is 5.75 Å². The number of benzene rings is 2. The summed E-state index contributed by atoms with van der Waals surface area (Å²) in [6.07, 6.45) is 4.44. The average Bonchev–Trinajstić information content (AvgIpc) is 2.70. The molecule has 3 rings (SSSR count). The quantitative estimate of drug-likeness (QED) is 0.652. The second-order valence-corrected chi connectivity index (χ2v) is 6.97. The number of rotatable bonds is 7. The van der Waals surface area contributed by atoms with E-state index in [1.54, 1.807) is 12.0 Å².